The molecule has 0 amide bonds. The summed E-state index contributed by atoms with van der Waals surface area (Å²) in [7, 11) is 0. The van der Waals surface area contributed by atoms with E-state index in [9.17, 15) is 5.11 Å². The fourth-order valence-corrected chi connectivity index (χ4v) is 6.53. The molecule has 1 aromatic rings. The lowest BCUT2D eigenvalue weighted by Gasteiger charge is -2.51. The van der Waals surface area contributed by atoms with E-state index in [2.05, 4.69) is 31.9 Å². The molecule has 1 N–H and O–H groups in total. The van der Waals surface area contributed by atoms with Gasteiger partial charge < -0.3 is 5.11 Å². The average molecular weight is 322 g/mol. The van der Waals surface area contributed by atoms with E-state index in [0.29, 0.717) is 17.1 Å². The molecule has 0 unspecified atom stereocenters. The summed E-state index contributed by atoms with van der Waals surface area (Å²) < 4.78 is 0. The zero-order chi connectivity index (χ0) is 16.9. The number of benzene rings is 1. The molecule has 128 valence electrons. The lowest BCUT2D eigenvalue weighted by atomic mass is 9.54. The van der Waals surface area contributed by atoms with Crippen molar-refractivity contribution in [3.05, 3.63) is 28.8 Å². The van der Waals surface area contributed by atoms with Crippen LogP contribution in [-0.2, 0) is 12.8 Å². The fraction of sp³-hybridized carbons (Fsp3) is 0.652. The van der Waals surface area contributed by atoms with Gasteiger partial charge in [0.2, 0.25) is 0 Å². The number of rotatable bonds is 2. The summed E-state index contributed by atoms with van der Waals surface area (Å²) in [4.78, 5) is 0. The van der Waals surface area contributed by atoms with E-state index in [1.54, 1.807) is 5.56 Å². The molecule has 3 aliphatic rings. The molecule has 0 bridgehead atoms. The third-order valence-corrected chi connectivity index (χ3v) is 7.87. The van der Waals surface area contributed by atoms with Crippen molar-refractivity contribution in [3.8, 4) is 18.1 Å². The Kier molecular flexibility index (Phi) is 3.91. The van der Waals surface area contributed by atoms with Gasteiger partial charge in [-0.05, 0) is 96.8 Å². The van der Waals surface area contributed by atoms with Crippen molar-refractivity contribution in [3.63, 3.8) is 0 Å². The van der Waals surface area contributed by atoms with Crippen molar-refractivity contribution in [2.75, 3.05) is 0 Å². The molecule has 24 heavy (non-hydrogen) atoms. The summed E-state index contributed by atoms with van der Waals surface area (Å²) >= 11 is 0. The molecule has 1 heteroatoms. The predicted octanol–water partition coefficient (Wildman–Crippen LogP) is 5.45. The van der Waals surface area contributed by atoms with Crippen LogP contribution in [0.5, 0.6) is 5.75 Å². The first-order chi connectivity index (χ1) is 11.6. The van der Waals surface area contributed by atoms with Gasteiger partial charge in [-0.3, -0.25) is 0 Å². The normalized spacial score (nSPS) is 37.2. The molecule has 0 aromatic heterocycles. The molecule has 0 radical (unpaired) electrons. The highest BCUT2D eigenvalue weighted by Crippen LogP contribution is 2.63. The Morgan fingerprint density at radius 1 is 1.25 bits per heavy atom. The first-order valence-corrected chi connectivity index (χ1v) is 9.86. The van der Waals surface area contributed by atoms with E-state index in [0.717, 1.165) is 42.6 Å². The SMILES string of the molecule is C#CC[C@H]1CC[C@H]2[C@@H]3CCc4cc(O)c(CC)cc4[C@H]3CC[C@]12C. The minimum absolute atomic E-state index is 0.468. The van der Waals surface area contributed by atoms with Crippen LogP contribution in [0.2, 0.25) is 0 Å². The number of phenolic OH excluding ortho intramolecular Hbond substituents is 1. The summed E-state index contributed by atoms with van der Waals surface area (Å²) in [6.07, 6.45) is 15.3. The molecule has 5 atom stereocenters. The topological polar surface area (TPSA) is 20.2 Å². The van der Waals surface area contributed by atoms with E-state index in [-0.39, 0.29) is 0 Å². The van der Waals surface area contributed by atoms with Crippen molar-refractivity contribution in [1.29, 1.82) is 0 Å². The molecule has 0 saturated heterocycles. The Bertz CT molecular complexity index is 682. The highest BCUT2D eigenvalue weighted by molar-refractivity contribution is 5.45. The van der Waals surface area contributed by atoms with Gasteiger partial charge in [-0.25, -0.2) is 0 Å². The Hall–Kier alpha value is -1.42. The molecular formula is C23H30O. The summed E-state index contributed by atoms with van der Waals surface area (Å²) in [5.74, 6) is 6.58. The van der Waals surface area contributed by atoms with Crippen LogP contribution in [-0.4, -0.2) is 5.11 Å². The van der Waals surface area contributed by atoms with E-state index in [4.69, 9.17) is 6.42 Å². The van der Waals surface area contributed by atoms with Crippen LogP contribution in [0, 0.1) is 35.5 Å². The number of phenols is 1. The van der Waals surface area contributed by atoms with Crippen LogP contribution in [0.15, 0.2) is 12.1 Å². The second-order valence-corrected chi connectivity index (χ2v) is 8.68. The van der Waals surface area contributed by atoms with Crippen molar-refractivity contribution < 1.29 is 5.11 Å². The third-order valence-electron chi connectivity index (χ3n) is 7.87. The molecule has 0 spiro atoms. The monoisotopic (exact) mass is 322 g/mol. The summed E-state index contributed by atoms with van der Waals surface area (Å²) in [5, 5.41) is 10.2. The molecule has 0 heterocycles. The molecule has 2 fully saturated rings. The van der Waals surface area contributed by atoms with E-state index < -0.39 is 0 Å². The van der Waals surface area contributed by atoms with Crippen molar-refractivity contribution >= 4 is 0 Å². The van der Waals surface area contributed by atoms with E-state index in [1.165, 1.54) is 37.7 Å². The summed E-state index contributed by atoms with van der Waals surface area (Å²) in [6.45, 7) is 4.67. The maximum Gasteiger partial charge on any atom is 0.119 e. The van der Waals surface area contributed by atoms with Crippen molar-refractivity contribution in [2.45, 2.75) is 71.1 Å². The zero-order valence-electron chi connectivity index (χ0n) is 15.1. The van der Waals surface area contributed by atoms with Gasteiger partial charge >= 0.3 is 0 Å². The first kappa shape index (κ1) is 16.1. The van der Waals surface area contributed by atoms with Crippen LogP contribution in [0.1, 0.15) is 75.0 Å². The van der Waals surface area contributed by atoms with Gasteiger partial charge in [-0.15, -0.1) is 12.3 Å². The van der Waals surface area contributed by atoms with Gasteiger partial charge in [0.25, 0.3) is 0 Å². The maximum atomic E-state index is 10.2. The standard InChI is InChI=1S/C23H30O/c1-4-6-17-8-10-21-19-9-7-16-14-22(24)15(5-2)13-20(16)18(19)11-12-23(17,21)3/h1,13-14,17-19,21,24H,5-12H2,2-3H3/t17-,18-,19+,21-,23+/m0/s1. The Morgan fingerprint density at radius 3 is 2.83 bits per heavy atom. The Labute approximate surface area is 146 Å². The number of aromatic hydroxyl groups is 1. The lowest BCUT2D eigenvalue weighted by molar-refractivity contribution is 0.0298. The highest BCUT2D eigenvalue weighted by Gasteiger charge is 2.54. The molecule has 1 nitrogen and oxygen atoms in total. The molecule has 3 aliphatic carbocycles. The van der Waals surface area contributed by atoms with E-state index in [1.807, 2.05) is 0 Å². The largest absolute Gasteiger partial charge is 0.508 e. The molecular weight excluding hydrogens is 292 g/mol. The predicted molar refractivity (Wildman–Crippen MR) is 99.0 cm³/mol. The Balaban J connectivity index is 1.68. The number of terminal acetylenes is 1. The van der Waals surface area contributed by atoms with Crippen LogP contribution < -0.4 is 0 Å². The van der Waals surface area contributed by atoms with Gasteiger partial charge in [0.05, 0.1) is 0 Å². The van der Waals surface area contributed by atoms with Crippen molar-refractivity contribution in [1.82, 2.24) is 0 Å². The second-order valence-electron chi connectivity index (χ2n) is 8.68. The highest BCUT2D eigenvalue weighted by atomic mass is 16.3. The average Bonchev–Trinajstić information content (AvgIpc) is 2.91. The number of hydrogen-bond donors (Lipinski definition) is 1. The molecule has 2 saturated carbocycles. The molecule has 4 rings (SSSR count). The maximum absolute atomic E-state index is 10.2. The smallest absolute Gasteiger partial charge is 0.119 e. The Morgan fingerprint density at radius 2 is 2.08 bits per heavy atom. The van der Waals surface area contributed by atoms with Crippen LogP contribution >= 0.6 is 0 Å². The summed E-state index contributed by atoms with van der Waals surface area (Å²) in [5.41, 5.74) is 4.56. The first-order valence-electron chi connectivity index (χ1n) is 9.86. The number of hydrogen-bond acceptors (Lipinski definition) is 1. The zero-order valence-corrected chi connectivity index (χ0v) is 15.1. The fourth-order valence-electron chi connectivity index (χ4n) is 6.53. The van der Waals surface area contributed by atoms with E-state index >= 15 is 0 Å². The molecule has 0 aliphatic heterocycles. The molecule has 1 aromatic carbocycles. The van der Waals surface area contributed by atoms with Crippen LogP contribution in [0.3, 0.4) is 0 Å². The lowest BCUT2D eigenvalue weighted by Crippen LogP contribution is -2.42. The van der Waals surface area contributed by atoms with Gasteiger partial charge in [-0.2, -0.15) is 0 Å². The van der Waals surface area contributed by atoms with Gasteiger partial charge in [0, 0.05) is 6.42 Å². The summed E-state index contributed by atoms with van der Waals surface area (Å²) in [6, 6.07) is 4.39. The van der Waals surface area contributed by atoms with Crippen LogP contribution in [0.25, 0.3) is 0 Å². The minimum atomic E-state index is 0.468. The van der Waals surface area contributed by atoms with Crippen LogP contribution in [0.4, 0.5) is 0 Å². The number of fused-ring (bicyclic) bond motifs is 5. The van der Waals surface area contributed by atoms with Gasteiger partial charge in [0.1, 0.15) is 5.75 Å². The third kappa shape index (κ3) is 2.22. The van der Waals surface area contributed by atoms with Gasteiger partial charge in [0.15, 0.2) is 0 Å². The quantitative estimate of drug-likeness (QED) is 0.718. The minimum Gasteiger partial charge on any atom is -0.508 e. The second kappa shape index (κ2) is 5.83. The number of aryl methyl sites for hydroxylation is 2. The van der Waals surface area contributed by atoms with Gasteiger partial charge in [-0.1, -0.05) is 19.9 Å². The van der Waals surface area contributed by atoms with Crippen molar-refractivity contribution in [2.24, 2.45) is 23.2 Å².